The molecule has 4 aromatic carbocycles. The van der Waals surface area contributed by atoms with Crippen LogP contribution in [0.25, 0.3) is 0 Å². The van der Waals surface area contributed by atoms with Crippen molar-refractivity contribution in [3.63, 3.8) is 0 Å². The van der Waals surface area contributed by atoms with Crippen LogP contribution in [0.2, 0.25) is 0 Å². The summed E-state index contributed by atoms with van der Waals surface area (Å²) < 4.78 is 0. The van der Waals surface area contributed by atoms with Gasteiger partial charge < -0.3 is 5.32 Å². The molecule has 4 aromatic rings. The van der Waals surface area contributed by atoms with Crippen molar-refractivity contribution >= 4 is 11.4 Å². The standard InChI is InChI=1S/C26H21N/c1-19-16-17-23-25(18-19)27-24-15-9-8-14-22(24)26(23,20-10-4-2-5-11-20)21-12-6-3-7-13-21/h2-18,27H,1H3. The third kappa shape index (κ3) is 2.32. The Labute approximate surface area is 160 Å². The molecule has 1 N–H and O–H groups in total. The van der Waals surface area contributed by atoms with Crippen molar-refractivity contribution in [2.75, 3.05) is 5.32 Å². The molecule has 27 heavy (non-hydrogen) atoms. The number of aryl methyl sites for hydroxylation is 1. The van der Waals surface area contributed by atoms with Gasteiger partial charge >= 0.3 is 0 Å². The molecule has 0 aromatic heterocycles. The summed E-state index contributed by atoms with van der Waals surface area (Å²) in [5, 5.41) is 3.68. The second kappa shape index (κ2) is 6.14. The summed E-state index contributed by atoms with van der Waals surface area (Å²) in [6.07, 6.45) is 0. The zero-order chi connectivity index (χ0) is 18.3. The number of hydrogen-bond donors (Lipinski definition) is 1. The molecule has 0 saturated carbocycles. The van der Waals surface area contributed by atoms with Crippen LogP contribution < -0.4 is 5.32 Å². The number of fused-ring (bicyclic) bond motifs is 2. The highest BCUT2D eigenvalue weighted by Crippen LogP contribution is 2.53. The molecule has 130 valence electrons. The van der Waals surface area contributed by atoms with Crippen LogP contribution in [-0.4, -0.2) is 0 Å². The summed E-state index contributed by atoms with van der Waals surface area (Å²) in [4.78, 5) is 0. The highest BCUT2D eigenvalue weighted by Gasteiger charge is 2.43. The molecule has 0 amide bonds. The summed E-state index contributed by atoms with van der Waals surface area (Å²) in [5.41, 5.74) is 8.43. The molecule has 0 aliphatic carbocycles. The molecule has 0 unspecified atom stereocenters. The summed E-state index contributed by atoms with van der Waals surface area (Å²) in [7, 11) is 0. The lowest BCUT2D eigenvalue weighted by Gasteiger charge is -2.42. The van der Waals surface area contributed by atoms with E-state index in [1.165, 1.54) is 39.2 Å². The first-order valence-corrected chi connectivity index (χ1v) is 9.39. The average molecular weight is 347 g/mol. The number of anilines is 2. The molecule has 1 heteroatoms. The molecule has 0 atom stereocenters. The van der Waals surface area contributed by atoms with Gasteiger partial charge in [-0.3, -0.25) is 0 Å². The van der Waals surface area contributed by atoms with Crippen LogP contribution in [0.5, 0.6) is 0 Å². The molecular weight excluding hydrogens is 326 g/mol. The third-order valence-electron chi connectivity index (χ3n) is 5.59. The molecule has 0 bridgehead atoms. The smallest absolute Gasteiger partial charge is 0.0741 e. The van der Waals surface area contributed by atoms with Crippen molar-refractivity contribution in [1.29, 1.82) is 0 Å². The molecule has 5 rings (SSSR count). The normalized spacial score (nSPS) is 14.0. The van der Waals surface area contributed by atoms with E-state index in [1.54, 1.807) is 0 Å². The lowest BCUT2D eigenvalue weighted by atomic mass is 9.63. The maximum atomic E-state index is 3.68. The minimum absolute atomic E-state index is 0.340. The van der Waals surface area contributed by atoms with Gasteiger partial charge in [-0.2, -0.15) is 0 Å². The van der Waals surface area contributed by atoms with E-state index in [4.69, 9.17) is 0 Å². The maximum absolute atomic E-state index is 3.68. The van der Waals surface area contributed by atoms with Crippen LogP contribution in [0.3, 0.4) is 0 Å². The van der Waals surface area contributed by atoms with Gasteiger partial charge in [0.2, 0.25) is 0 Å². The van der Waals surface area contributed by atoms with Crippen molar-refractivity contribution in [2.24, 2.45) is 0 Å². The second-order valence-electron chi connectivity index (χ2n) is 7.20. The molecule has 1 aliphatic heterocycles. The molecule has 0 fully saturated rings. The topological polar surface area (TPSA) is 12.0 Å². The number of rotatable bonds is 2. The zero-order valence-corrected chi connectivity index (χ0v) is 15.3. The summed E-state index contributed by atoms with van der Waals surface area (Å²) in [6, 6.07) is 37.2. The van der Waals surface area contributed by atoms with Crippen LogP contribution in [0.4, 0.5) is 11.4 Å². The first-order valence-electron chi connectivity index (χ1n) is 9.39. The Hall–Kier alpha value is -3.32. The minimum Gasteiger partial charge on any atom is -0.355 e. The fraction of sp³-hybridized carbons (Fsp3) is 0.0769. The van der Waals surface area contributed by atoms with Crippen molar-refractivity contribution < 1.29 is 0 Å². The van der Waals surface area contributed by atoms with E-state index in [0.717, 1.165) is 0 Å². The van der Waals surface area contributed by atoms with Gasteiger partial charge in [0.05, 0.1) is 5.41 Å². The van der Waals surface area contributed by atoms with Crippen molar-refractivity contribution in [1.82, 2.24) is 0 Å². The summed E-state index contributed by atoms with van der Waals surface area (Å²) in [6.45, 7) is 2.15. The van der Waals surface area contributed by atoms with Crippen LogP contribution in [0.15, 0.2) is 103 Å². The highest BCUT2D eigenvalue weighted by atomic mass is 14.9. The summed E-state index contributed by atoms with van der Waals surface area (Å²) in [5.74, 6) is 0. The van der Waals surface area contributed by atoms with Gasteiger partial charge in [0.25, 0.3) is 0 Å². The number of benzene rings is 4. The monoisotopic (exact) mass is 347 g/mol. The molecule has 1 aliphatic rings. The van der Waals surface area contributed by atoms with E-state index in [1.807, 2.05) is 0 Å². The zero-order valence-electron chi connectivity index (χ0n) is 15.3. The molecule has 1 nitrogen and oxygen atoms in total. The van der Waals surface area contributed by atoms with Crippen LogP contribution >= 0.6 is 0 Å². The van der Waals surface area contributed by atoms with Crippen LogP contribution in [0, 0.1) is 6.92 Å². The maximum Gasteiger partial charge on any atom is 0.0741 e. The van der Waals surface area contributed by atoms with Gasteiger partial charge in [0.15, 0.2) is 0 Å². The SMILES string of the molecule is Cc1ccc2c(c1)Nc1ccccc1C2(c1ccccc1)c1ccccc1. The van der Waals surface area contributed by atoms with Crippen molar-refractivity contribution in [2.45, 2.75) is 12.3 Å². The van der Waals surface area contributed by atoms with Crippen LogP contribution in [0.1, 0.15) is 27.8 Å². The molecule has 0 spiro atoms. The fourth-order valence-corrected chi connectivity index (χ4v) is 4.46. The fourth-order valence-electron chi connectivity index (χ4n) is 4.46. The predicted molar refractivity (Wildman–Crippen MR) is 113 cm³/mol. The van der Waals surface area contributed by atoms with Gasteiger partial charge in [0.1, 0.15) is 0 Å². The molecular formula is C26H21N. The summed E-state index contributed by atoms with van der Waals surface area (Å²) >= 11 is 0. The van der Waals surface area contributed by atoms with Crippen molar-refractivity contribution in [3.8, 4) is 0 Å². The lowest BCUT2D eigenvalue weighted by molar-refractivity contribution is 0.740. The Morgan fingerprint density at radius 1 is 0.556 bits per heavy atom. The first kappa shape index (κ1) is 15.9. The second-order valence-corrected chi connectivity index (χ2v) is 7.20. The third-order valence-corrected chi connectivity index (χ3v) is 5.59. The minimum atomic E-state index is -0.340. The highest BCUT2D eigenvalue weighted by molar-refractivity contribution is 5.81. The van der Waals surface area contributed by atoms with E-state index >= 15 is 0 Å². The molecule has 0 radical (unpaired) electrons. The Balaban J connectivity index is 1.97. The van der Waals surface area contributed by atoms with Gasteiger partial charge in [-0.1, -0.05) is 91.0 Å². The predicted octanol–water partition coefficient (Wildman–Crippen LogP) is 6.43. The Morgan fingerprint density at radius 2 is 1.11 bits per heavy atom. The largest absolute Gasteiger partial charge is 0.355 e. The van der Waals surface area contributed by atoms with Crippen LogP contribution in [-0.2, 0) is 5.41 Å². The number of hydrogen-bond acceptors (Lipinski definition) is 1. The van der Waals surface area contributed by atoms with E-state index in [-0.39, 0.29) is 5.41 Å². The lowest BCUT2D eigenvalue weighted by Crippen LogP contribution is -2.35. The van der Waals surface area contributed by atoms with Crippen molar-refractivity contribution in [3.05, 3.63) is 131 Å². The quantitative estimate of drug-likeness (QED) is 0.388. The number of nitrogens with one attached hydrogen (secondary N) is 1. The Bertz CT molecular complexity index is 1060. The van der Waals surface area contributed by atoms with Gasteiger partial charge in [0, 0.05) is 11.4 Å². The number of para-hydroxylation sites is 1. The van der Waals surface area contributed by atoms with Gasteiger partial charge in [-0.05, 0) is 46.9 Å². The molecule has 0 saturated heterocycles. The van der Waals surface area contributed by atoms with Gasteiger partial charge in [-0.25, -0.2) is 0 Å². The Morgan fingerprint density at radius 3 is 1.78 bits per heavy atom. The first-order chi connectivity index (χ1) is 13.3. The average Bonchev–Trinajstić information content (AvgIpc) is 2.73. The van der Waals surface area contributed by atoms with Gasteiger partial charge in [-0.15, -0.1) is 0 Å². The van der Waals surface area contributed by atoms with E-state index in [2.05, 4.69) is 115 Å². The molecule has 1 heterocycles. The Kier molecular flexibility index (Phi) is 3.61. The van der Waals surface area contributed by atoms with E-state index < -0.39 is 0 Å². The van der Waals surface area contributed by atoms with E-state index in [0.29, 0.717) is 0 Å². The van der Waals surface area contributed by atoms with E-state index in [9.17, 15) is 0 Å².